The lowest BCUT2D eigenvalue weighted by Gasteiger charge is -2.05. The van der Waals surface area contributed by atoms with Crippen LogP contribution in [-0.4, -0.2) is 29.1 Å². The van der Waals surface area contributed by atoms with E-state index in [0.29, 0.717) is 36.7 Å². The number of nitrogens with two attached hydrogens (primary N) is 1. The van der Waals surface area contributed by atoms with Crippen molar-refractivity contribution < 1.29 is 9.53 Å². The van der Waals surface area contributed by atoms with Crippen LogP contribution in [0.4, 0.5) is 0 Å². The maximum absolute atomic E-state index is 11.4. The van der Waals surface area contributed by atoms with Crippen molar-refractivity contribution in [2.45, 2.75) is 20.3 Å². The number of aromatic nitrogens is 2. The van der Waals surface area contributed by atoms with Gasteiger partial charge in [0.25, 0.3) is 0 Å². The molecule has 0 saturated carbocycles. The highest BCUT2D eigenvalue weighted by atomic mass is 16.5. The molecule has 0 bridgehead atoms. The molecule has 0 aliphatic rings. The van der Waals surface area contributed by atoms with Crippen LogP contribution in [-0.2, 0) is 11.2 Å². The van der Waals surface area contributed by atoms with E-state index in [1.807, 2.05) is 0 Å². The van der Waals surface area contributed by atoms with Crippen molar-refractivity contribution in [2.24, 2.45) is 5.73 Å². The summed E-state index contributed by atoms with van der Waals surface area (Å²) in [5.41, 5.74) is 6.43. The number of nitrogens with zero attached hydrogens (tertiary/aromatic N) is 2. The summed E-state index contributed by atoms with van der Waals surface area (Å²) in [7, 11) is 0. The Balaban J connectivity index is 2.87. The molecular weight excluding hydrogens is 194 g/mol. The quantitative estimate of drug-likeness (QED) is 0.729. The van der Waals surface area contributed by atoms with E-state index in [-0.39, 0.29) is 5.97 Å². The first-order valence-electron chi connectivity index (χ1n) is 4.88. The van der Waals surface area contributed by atoms with E-state index < -0.39 is 0 Å². The molecule has 0 aliphatic heterocycles. The fourth-order valence-corrected chi connectivity index (χ4v) is 1.17. The predicted molar refractivity (Wildman–Crippen MR) is 55.5 cm³/mol. The summed E-state index contributed by atoms with van der Waals surface area (Å²) in [6.07, 6.45) is 2.11. The molecule has 0 spiro atoms. The summed E-state index contributed by atoms with van der Waals surface area (Å²) in [5.74, 6) is 0.275. The zero-order valence-corrected chi connectivity index (χ0v) is 8.99. The van der Waals surface area contributed by atoms with Gasteiger partial charge in [-0.05, 0) is 20.4 Å². The van der Waals surface area contributed by atoms with Gasteiger partial charge in [-0.3, -0.25) is 0 Å². The van der Waals surface area contributed by atoms with Gasteiger partial charge in [-0.1, -0.05) is 0 Å². The number of ether oxygens (including phenoxy) is 1. The molecule has 82 valence electrons. The van der Waals surface area contributed by atoms with E-state index in [1.54, 1.807) is 13.8 Å². The smallest absolute Gasteiger partial charge is 0.341 e. The Kier molecular flexibility index (Phi) is 4.17. The van der Waals surface area contributed by atoms with Crippen LogP contribution in [0.15, 0.2) is 6.20 Å². The third kappa shape index (κ3) is 2.99. The molecular formula is C10H15N3O2. The van der Waals surface area contributed by atoms with Crippen LogP contribution in [0.2, 0.25) is 0 Å². The number of esters is 1. The van der Waals surface area contributed by atoms with E-state index in [2.05, 4.69) is 9.97 Å². The van der Waals surface area contributed by atoms with Gasteiger partial charge < -0.3 is 10.5 Å². The molecule has 0 fully saturated rings. The number of carbonyl (C=O) groups excluding carboxylic acids is 1. The normalized spacial score (nSPS) is 10.1. The molecule has 0 atom stereocenters. The van der Waals surface area contributed by atoms with Crippen LogP contribution in [0.25, 0.3) is 0 Å². The molecule has 0 aromatic carbocycles. The molecule has 5 nitrogen and oxygen atoms in total. The fraction of sp³-hybridized carbons (Fsp3) is 0.500. The van der Waals surface area contributed by atoms with Gasteiger partial charge in [-0.2, -0.15) is 0 Å². The van der Waals surface area contributed by atoms with Crippen LogP contribution in [0.3, 0.4) is 0 Å². The largest absolute Gasteiger partial charge is 0.462 e. The van der Waals surface area contributed by atoms with Gasteiger partial charge in [0, 0.05) is 12.6 Å². The predicted octanol–water partition coefficient (Wildman–Crippen LogP) is 0.463. The molecule has 0 saturated heterocycles. The van der Waals surface area contributed by atoms with Crippen molar-refractivity contribution in [3.63, 3.8) is 0 Å². The minimum atomic E-state index is -0.380. The van der Waals surface area contributed by atoms with Crippen LogP contribution >= 0.6 is 0 Å². The van der Waals surface area contributed by atoms with Crippen molar-refractivity contribution >= 4 is 5.97 Å². The molecule has 15 heavy (non-hydrogen) atoms. The molecule has 1 rings (SSSR count). The maximum atomic E-state index is 11.4. The van der Waals surface area contributed by atoms with Crippen molar-refractivity contribution in [2.75, 3.05) is 13.2 Å². The molecule has 0 aliphatic carbocycles. The van der Waals surface area contributed by atoms with E-state index in [9.17, 15) is 4.79 Å². The number of carbonyl (C=O) groups is 1. The number of hydrogen-bond donors (Lipinski definition) is 1. The van der Waals surface area contributed by atoms with Crippen molar-refractivity contribution in [1.29, 1.82) is 0 Å². The SMILES string of the molecule is CCOC(=O)c1cnc(CCN)nc1C. The third-order valence-electron chi connectivity index (χ3n) is 1.89. The zero-order valence-electron chi connectivity index (χ0n) is 8.99. The molecule has 1 aromatic rings. The van der Waals surface area contributed by atoms with Gasteiger partial charge in [0.05, 0.1) is 17.9 Å². The average molecular weight is 209 g/mol. The molecule has 1 aromatic heterocycles. The summed E-state index contributed by atoms with van der Waals surface area (Å²) < 4.78 is 4.86. The first-order chi connectivity index (χ1) is 7.19. The lowest BCUT2D eigenvalue weighted by molar-refractivity contribution is 0.0524. The van der Waals surface area contributed by atoms with Crippen LogP contribution < -0.4 is 5.73 Å². The molecule has 0 unspecified atom stereocenters. The molecule has 2 N–H and O–H groups in total. The van der Waals surface area contributed by atoms with Crippen LogP contribution in [0.5, 0.6) is 0 Å². The molecule has 1 heterocycles. The second kappa shape index (κ2) is 5.41. The minimum Gasteiger partial charge on any atom is -0.462 e. The topological polar surface area (TPSA) is 78.1 Å². The second-order valence-electron chi connectivity index (χ2n) is 3.04. The van der Waals surface area contributed by atoms with E-state index >= 15 is 0 Å². The monoisotopic (exact) mass is 209 g/mol. The van der Waals surface area contributed by atoms with E-state index in [1.165, 1.54) is 6.20 Å². The highest BCUT2D eigenvalue weighted by molar-refractivity contribution is 5.90. The van der Waals surface area contributed by atoms with Gasteiger partial charge >= 0.3 is 5.97 Å². The summed E-state index contributed by atoms with van der Waals surface area (Å²) >= 11 is 0. The highest BCUT2D eigenvalue weighted by Gasteiger charge is 2.11. The maximum Gasteiger partial charge on any atom is 0.341 e. The van der Waals surface area contributed by atoms with Crippen LogP contribution in [0, 0.1) is 6.92 Å². The lowest BCUT2D eigenvalue weighted by Crippen LogP contribution is -2.12. The summed E-state index contributed by atoms with van der Waals surface area (Å²) in [4.78, 5) is 19.6. The van der Waals surface area contributed by atoms with Crippen molar-refractivity contribution in [1.82, 2.24) is 9.97 Å². The van der Waals surface area contributed by atoms with Gasteiger partial charge in [-0.25, -0.2) is 14.8 Å². The summed E-state index contributed by atoms with van der Waals surface area (Å²) in [5, 5.41) is 0. The summed E-state index contributed by atoms with van der Waals surface area (Å²) in [6.45, 7) is 4.37. The highest BCUT2D eigenvalue weighted by Crippen LogP contribution is 2.06. The van der Waals surface area contributed by atoms with Gasteiger partial charge in [0.15, 0.2) is 0 Å². The number of aryl methyl sites for hydroxylation is 1. The van der Waals surface area contributed by atoms with E-state index in [4.69, 9.17) is 10.5 Å². The molecule has 5 heteroatoms. The Morgan fingerprint density at radius 1 is 1.60 bits per heavy atom. The Hall–Kier alpha value is -1.49. The van der Waals surface area contributed by atoms with Crippen molar-refractivity contribution in [3.05, 3.63) is 23.3 Å². The number of hydrogen-bond acceptors (Lipinski definition) is 5. The van der Waals surface area contributed by atoms with Gasteiger partial charge in [0.1, 0.15) is 5.82 Å². The fourth-order valence-electron chi connectivity index (χ4n) is 1.17. The lowest BCUT2D eigenvalue weighted by atomic mass is 10.2. The second-order valence-corrected chi connectivity index (χ2v) is 3.04. The van der Waals surface area contributed by atoms with Gasteiger partial charge in [0.2, 0.25) is 0 Å². The first-order valence-corrected chi connectivity index (χ1v) is 4.88. The molecule has 0 amide bonds. The minimum absolute atomic E-state index is 0.350. The molecule has 0 radical (unpaired) electrons. The Morgan fingerprint density at radius 3 is 2.87 bits per heavy atom. The average Bonchev–Trinajstić information content (AvgIpc) is 2.18. The summed E-state index contributed by atoms with van der Waals surface area (Å²) in [6, 6.07) is 0. The zero-order chi connectivity index (χ0) is 11.3. The Morgan fingerprint density at radius 2 is 2.33 bits per heavy atom. The van der Waals surface area contributed by atoms with Gasteiger partial charge in [-0.15, -0.1) is 0 Å². The standard InChI is InChI=1S/C10H15N3O2/c1-3-15-10(14)8-6-12-9(4-5-11)13-7(8)2/h6H,3-5,11H2,1-2H3. The Bertz CT molecular complexity index is 353. The number of rotatable bonds is 4. The Labute approximate surface area is 88.7 Å². The van der Waals surface area contributed by atoms with Crippen molar-refractivity contribution in [3.8, 4) is 0 Å². The first kappa shape index (κ1) is 11.6. The van der Waals surface area contributed by atoms with E-state index in [0.717, 1.165) is 0 Å². The van der Waals surface area contributed by atoms with Crippen LogP contribution in [0.1, 0.15) is 28.8 Å². The third-order valence-corrected chi connectivity index (χ3v) is 1.89.